The lowest BCUT2D eigenvalue weighted by Gasteiger charge is -2.61. The van der Waals surface area contributed by atoms with E-state index in [4.69, 9.17) is 28.4 Å². The number of hydrogen-bond donors (Lipinski definition) is 1. The molecule has 6 rings (SSSR count). The number of carbonyl (C=O) groups excluding carboxylic acids is 4. The van der Waals surface area contributed by atoms with Gasteiger partial charge in [0.2, 0.25) is 6.10 Å². The van der Waals surface area contributed by atoms with Gasteiger partial charge in [0.15, 0.2) is 23.7 Å². The molecule has 2 unspecified atom stereocenters. The molecular weight excluding hydrogens is 610 g/mol. The average molecular weight is 650 g/mol. The zero-order chi connectivity index (χ0) is 33.9. The summed E-state index contributed by atoms with van der Waals surface area (Å²) in [5, 5.41) is 12.5. The van der Waals surface area contributed by atoms with Crippen molar-refractivity contribution < 1.29 is 52.7 Å². The molecule has 250 valence electrons. The Morgan fingerprint density at radius 3 is 2.43 bits per heavy atom. The third-order valence-electron chi connectivity index (χ3n) is 9.36. The fourth-order valence-electron chi connectivity index (χ4n) is 7.43. The molecule has 2 aliphatic carbocycles. The van der Waals surface area contributed by atoms with E-state index in [2.05, 4.69) is 4.90 Å². The van der Waals surface area contributed by atoms with Gasteiger partial charge in [-0.25, -0.2) is 14.4 Å². The number of rotatable bonds is 7. The average Bonchev–Trinajstić information content (AvgIpc) is 3.35. The van der Waals surface area contributed by atoms with Gasteiger partial charge in [0, 0.05) is 30.5 Å². The molecule has 0 radical (unpaired) electrons. The Morgan fingerprint density at radius 2 is 1.74 bits per heavy atom. The number of carbonyl (C=O) groups is 4. The first-order valence-electron chi connectivity index (χ1n) is 15.7. The molecule has 12 nitrogen and oxygen atoms in total. The molecule has 0 aromatic heterocycles. The van der Waals surface area contributed by atoms with Crippen LogP contribution in [0.5, 0.6) is 11.5 Å². The number of benzene rings is 2. The van der Waals surface area contributed by atoms with Crippen LogP contribution < -0.4 is 9.47 Å². The summed E-state index contributed by atoms with van der Waals surface area (Å²) in [5.74, 6) is -1.96. The Morgan fingerprint density at radius 1 is 1.02 bits per heavy atom. The minimum Gasteiger partial charge on any atom is -0.477 e. The molecule has 2 aliphatic heterocycles. The summed E-state index contributed by atoms with van der Waals surface area (Å²) < 4.78 is 34.2. The first-order chi connectivity index (χ1) is 22.1. The maximum atomic E-state index is 13.9. The fraction of sp³-hybridized carbons (Fsp3) is 0.486. The Labute approximate surface area is 272 Å². The van der Waals surface area contributed by atoms with Crippen molar-refractivity contribution in [1.82, 2.24) is 4.90 Å². The maximum absolute atomic E-state index is 13.9. The summed E-state index contributed by atoms with van der Waals surface area (Å²) in [6.45, 7) is 8.32. The number of likely N-dealkylation sites (tertiary alicyclic amines) is 1. The number of aliphatic hydroxyl groups is 1. The van der Waals surface area contributed by atoms with Crippen LogP contribution in [0.1, 0.15) is 70.3 Å². The van der Waals surface area contributed by atoms with E-state index in [1.54, 1.807) is 63.2 Å². The summed E-state index contributed by atoms with van der Waals surface area (Å²) in [6, 6.07) is 11.6. The van der Waals surface area contributed by atoms with Gasteiger partial charge in [-0.05, 0) is 71.8 Å². The van der Waals surface area contributed by atoms with E-state index in [0.717, 1.165) is 18.1 Å². The third-order valence-corrected chi connectivity index (χ3v) is 9.36. The van der Waals surface area contributed by atoms with Gasteiger partial charge in [0.05, 0.1) is 11.0 Å². The first kappa shape index (κ1) is 32.5. The van der Waals surface area contributed by atoms with E-state index >= 15 is 0 Å². The SMILES string of the molecule is CC(=O)OC(C)C(=O)OC(C(=O)OC1=CC[C@@]2(O)[C@H]3Cc4ccc(OC(=O)OC(C)(C)C)c5c4[C@@]2(CCN3C)[C@H]1O5)c1ccccc1. The summed E-state index contributed by atoms with van der Waals surface area (Å²) in [5.41, 5.74) is -1.13. The number of esters is 3. The molecule has 2 heterocycles. The van der Waals surface area contributed by atoms with Crippen LogP contribution in [0.15, 0.2) is 54.3 Å². The number of hydrogen-bond acceptors (Lipinski definition) is 12. The van der Waals surface area contributed by atoms with Crippen LogP contribution >= 0.6 is 0 Å². The van der Waals surface area contributed by atoms with Gasteiger partial charge in [-0.15, -0.1) is 0 Å². The van der Waals surface area contributed by atoms with Crippen LogP contribution in [-0.4, -0.2) is 77.1 Å². The number of nitrogens with zero attached hydrogens (tertiary/aromatic N) is 1. The summed E-state index contributed by atoms with van der Waals surface area (Å²) in [4.78, 5) is 53.1. The molecule has 4 aliphatic rings. The number of piperidine rings is 1. The highest BCUT2D eigenvalue weighted by Gasteiger charge is 2.72. The van der Waals surface area contributed by atoms with E-state index in [9.17, 15) is 24.3 Å². The highest BCUT2D eigenvalue weighted by atomic mass is 16.7. The monoisotopic (exact) mass is 649 g/mol. The second-order valence-corrected chi connectivity index (χ2v) is 13.5. The standard InChI is InChI=1S/C35H39NO11/c1-19(42-20(2)37)30(38)46-27(21-10-8-7-9-11-21)31(39)43-24-14-15-35(41)25-18-22-12-13-23(44-32(40)47-33(3,4)5)28-26(22)34(35,29(24)45-28)16-17-36(25)6/h7-14,19,25,27,29,41H,15-18H2,1-6H3/t19?,25-,27?,29+,34+,35-/m1/s1. The Balaban J connectivity index is 1.36. The Kier molecular flexibility index (Phi) is 8.08. The molecule has 2 aromatic carbocycles. The normalized spacial score (nSPS) is 26.8. The molecule has 0 amide bonds. The second-order valence-electron chi connectivity index (χ2n) is 13.5. The third kappa shape index (κ3) is 5.53. The van der Waals surface area contributed by atoms with E-state index < -0.39 is 59.0 Å². The van der Waals surface area contributed by atoms with Crippen LogP contribution in [0.25, 0.3) is 0 Å². The summed E-state index contributed by atoms with van der Waals surface area (Å²) in [7, 11) is 1.97. The molecule has 6 atom stereocenters. The largest absolute Gasteiger partial charge is 0.514 e. The fourth-order valence-corrected chi connectivity index (χ4v) is 7.43. The van der Waals surface area contributed by atoms with E-state index in [0.29, 0.717) is 24.9 Å². The molecule has 1 fully saturated rings. The minimum absolute atomic E-state index is 0.128. The smallest absolute Gasteiger partial charge is 0.477 e. The van der Waals surface area contributed by atoms with Crippen molar-refractivity contribution in [2.75, 3.05) is 13.6 Å². The number of ether oxygens (including phenoxy) is 6. The topological polar surface area (TPSA) is 147 Å². The predicted octanol–water partition coefficient (Wildman–Crippen LogP) is 4.06. The van der Waals surface area contributed by atoms with Crippen LogP contribution in [0, 0.1) is 0 Å². The van der Waals surface area contributed by atoms with Gasteiger partial charge in [-0.3, -0.25) is 4.79 Å². The summed E-state index contributed by atoms with van der Waals surface area (Å²) >= 11 is 0. The molecular formula is C35H39NO11. The van der Waals surface area contributed by atoms with Crippen molar-refractivity contribution in [2.45, 2.75) is 94.9 Å². The molecule has 1 spiro atoms. The van der Waals surface area contributed by atoms with Gasteiger partial charge in [-0.2, -0.15) is 0 Å². The predicted molar refractivity (Wildman–Crippen MR) is 164 cm³/mol. The van der Waals surface area contributed by atoms with E-state index in [1.165, 1.54) is 6.92 Å². The molecule has 2 aromatic rings. The van der Waals surface area contributed by atoms with Crippen LogP contribution in [0.3, 0.4) is 0 Å². The Bertz CT molecular complexity index is 1650. The second kappa shape index (κ2) is 11.7. The molecule has 47 heavy (non-hydrogen) atoms. The van der Waals surface area contributed by atoms with Crippen LogP contribution in [0.2, 0.25) is 0 Å². The van der Waals surface area contributed by atoms with Crippen molar-refractivity contribution in [1.29, 1.82) is 0 Å². The zero-order valence-electron chi connectivity index (χ0n) is 27.2. The molecule has 2 bridgehead atoms. The van der Waals surface area contributed by atoms with Crippen molar-refractivity contribution in [2.24, 2.45) is 0 Å². The van der Waals surface area contributed by atoms with Crippen molar-refractivity contribution >= 4 is 24.1 Å². The van der Waals surface area contributed by atoms with Crippen LogP contribution in [-0.2, 0) is 45.2 Å². The van der Waals surface area contributed by atoms with Gasteiger partial charge < -0.3 is 38.4 Å². The van der Waals surface area contributed by atoms with Gasteiger partial charge >= 0.3 is 24.1 Å². The van der Waals surface area contributed by atoms with Crippen molar-refractivity contribution in [3.05, 3.63) is 71.0 Å². The lowest BCUT2D eigenvalue weighted by Crippen LogP contribution is -2.74. The molecule has 1 N–H and O–H groups in total. The maximum Gasteiger partial charge on any atom is 0.514 e. The van der Waals surface area contributed by atoms with E-state index in [1.807, 2.05) is 13.1 Å². The van der Waals surface area contributed by atoms with Crippen LogP contribution in [0.4, 0.5) is 4.79 Å². The highest BCUT2D eigenvalue weighted by Crippen LogP contribution is 2.65. The lowest BCUT2D eigenvalue weighted by molar-refractivity contribution is -0.181. The zero-order valence-corrected chi connectivity index (χ0v) is 27.2. The highest BCUT2D eigenvalue weighted by molar-refractivity contribution is 5.84. The van der Waals surface area contributed by atoms with Crippen molar-refractivity contribution in [3.63, 3.8) is 0 Å². The van der Waals surface area contributed by atoms with Gasteiger partial charge in [0.25, 0.3) is 0 Å². The quantitative estimate of drug-likeness (QED) is 0.262. The van der Waals surface area contributed by atoms with Gasteiger partial charge in [-0.1, -0.05) is 36.4 Å². The van der Waals surface area contributed by atoms with Crippen molar-refractivity contribution in [3.8, 4) is 11.5 Å². The lowest BCUT2D eigenvalue weighted by atomic mass is 9.50. The minimum atomic E-state index is -1.50. The molecule has 0 saturated carbocycles. The first-order valence-corrected chi connectivity index (χ1v) is 15.7. The summed E-state index contributed by atoms with van der Waals surface area (Å²) in [6.07, 6.45) is -1.84. The molecule has 12 heteroatoms. The van der Waals surface area contributed by atoms with Gasteiger partial charge in [0.1, 0.15) is 11.4 Å². The molecule has 1 saturated heterocycles. The number of likely N-dealkylation sites (N-methyl/N-ethyl adjacent to an activating group) is 1. The van der Waals surface area contributed by atoms with E-state index in [-0.39, 0.29) is 29.7 Å². The Hall–Kier alpha value is -4.42.